The number of ether oxygens (including phenoxy) is 1. The molecule has 2 rings (SSSR count). The van der Waals surface area contributed by atoms with E-state index in [2.05, 4.69) is 58.9 Å². The Bertz CT molecular complexity index is 385. The number of benzene rings is 1. The van der Waals surface area contributed by atoms with Crippen molar-refractivity contribution in [1.29, 1.82) is 0 Å². The van der Waals surface area contributed by atoms with Crippen LogP contribution in [0.25, 0.3) is 0 Å². The predicted octanol–water partition coefficient (Wildman–Crippen LogP) is 4.08. The molecule has 0 radical (unpaired) electrons. The maximum Gasteiger partial charge on any atom is 0.0898 e. The zero-order valence-corrected chi connectivity index (χ0v) is 11.0. The van der Waals surface area contributed by atoms with Gasteiger partial charge < -0.3 is 4.74 Å². The minimum atomic E-state index is 0.212. The first kappa shape index (κ1) is 11.7. The van der Waals surface area contributed by atoms with Crippen molar-refractivity contribution in [1.82, 2.24) is 0 Å². The Labute approximate surface area is 98.8 Å². The van der Waals surface area contributed by atoms with Crippen molar-refractivity contribution in [3.63, 3.8) is 0 Å². The van der Waals surface area contributed by atoms with Gasteiger partial charge >= 0.3 is 0 Å². The van der Waals surface area contributed by atoms with Crippen molar-refractivity contribution in [3.8, 4) is 0 Å². The molecule has 1 nitrogen and oxygen atoms in total. The number of hydrogen-bond donors (Lipinski definition) is 0. The lowest BCUT2D eigenvalue weighted by molar-refractivity contribution is -0.172. The normalized spacial score (nSPS) is 23.9. The number of hydrogen-bond acceptors (Lipinski definition) is 1. The maximum atomic E-state index is 5.70. The molecule has 1 aliphatic heterocycles. The molecule has 1 fully saturated rings. The van der Waals surface area contributed by atoms with E-state index in [4.69, 9.17) is 4.74 Å². The summed E-state index contributed by atoms with van der Waals surface area (Å²) in [6, 6.07) is 8.83. The molecule has 0 saturated carbocycles. The molecule has 0 N–H and O–H groups in total. The average molecular weight is 218 g/mol. The first-order chi connectivity index (χ1) is 7.31. The summed E-state index contributed by atoms with van der Waals surface area (Å²) >= 11 is 0. The lowest BCUT2D eigenvalue weighted by atomic mass is 9.77. The van der Waals surface area contributed by atoms with Crippen LogP contribution < -0.4 is 0 Å². The highest BCUT2D eigenvalue weighted by Crippen LogP contribution is 2.46. The Kier molecular flexibility index (Phi) is 2.62. The molecule has 0 aromatic heterocycles. The fourth-order valence-electron chi connectivity index (χ4n) is 2.22. The predicted molar refractivity (Wildman–Crippen MR) is 67.6 cm³/mol. The molecule has 1 atom stereocenters. The van der Waals surface area contributed by atoms with E-state index in [1.165, 1.54) is 11.1 Å². The molecule has 1 aromatic rings. The van der Waals surface area contributed by atoms with Gasteiger partial charge in [0.15, 0.2) is 0 Å². The van der Waals surface area contributed by atoms with E-state index in [-0.39, 0.29) is 16.9 Å². The average Bonchev–Trinajstić information content (AvgIpc) is 2.15. The van der Waals surface area contributed by atoms with Crippen LogP contribution >= 0.6 is 0 Å². The summed E-state index contributed by atoms with van der Waals surface area (Å²) in [6.07, 6.45) is 0.273. The smallest absolute Gasteiger partial charge is 0.0898 e. The molecule has 0 amide bonds. The van der Waals surface area contributed by atoms with Gasteiger partial charge in [-0.1, -0.05) is 58.9 Å². The van der Waals surface area contributed by atoms with Crippen molar-refractivity contribution in [3.05, 3.63) is 35.4 Å². The molecule has 1 unspecified atom stereocenters. The summed E-state index contributed by atoms with van der Waals surface area (Å²) in [6.45, 7) is 12.2. The van der Waals surface area contributed by atoms with Crippen molar-refractivity contribution >= 4 is 0 Å². The molecular formula is C15H22O. The molecule has 0 aliphatic carbocycles. The van der Waals surface area contributed by atoms with Crippen LogP contribution in [-0.4, -0.2) is 6.61 Å². The third-order valence-electron chi connectivity index (χ3n) is 3.39. The molecule has 0 bridgehead atoms. The van der Waals surface area contributed by atoms with E-state index >= 15 is 0 Å². The van der Waals surface area contributed by atoms with Gasteiger partial charge in [0, 0.05) is 5.41 Å². The van der Waals surface area contributed by atoms with E-state index in [1.807, 2.05) is 0 Å². The Morgan fingerprint density at radius 1 is 1.25 bits per heavy atom. The van der Waals surface area contributed by atoms with Gasteiger partial charge in [-0.05, 0) is 16.5 Å². The van der Waals surface area contributed by atoms with Gasteiger partial charge in [-0.3, -0.25) is 0 Å². The van der Waals surface area contributed by atoms with E-state index in [0.717, 1.165) is 6.61 Å². The largest absolute Gasteiger partial charge is 0.372 e. The van der Waals surface area contributed by atoms with Crippen LogP contribution in [0.1, 0.15) is 51.8 Å². The summed E-state index contributed by atoms with van der Waals surface area (Å²) < 4.78 is 5.70. The molecule has 1 heterocycles. The monoisotopic (exact) mass is 218 g/mol. The molecule has 1 saturated heterocycles. The van der Waals surface area contributed by atoms with E-state index in [1.54, 1.807) is 0 Å². The summed E-state index contributed by atoms with van der Waals surface area (Å²) in [7, 11) is 0. The SMILES string of the molecule is CC(C)(C)c1cccc(C2OCC2(C)C)c1. The maximum absolute atomic E-state index is 5.70. The first-order valence-electron chi connectivity index (χ1n) is 6.03. The van der Waals surface area contributed by atoms with Crippen LogP contribution in [0.2, 0.25) is 0 Å². The minimum absolute atomic E-state index is 0.212. The second kappa shape index (κ2) is 3.59. The highest BCUT2D eigenvalue weighted by molar-refractivity contribution is 5.31. The lowest BCUT2D eigenvalue weighted by Crippen LogP contribution is -2.40. The zero-order chi connectivity index (χ0) is 12.0. The summed E-state index contributed by atoms with van der Waals surface area (Å²) in [5, 5.41) is 0. The van der Waals surface area contributed by atoms with Gasteiger partial charge in [-0.15, -0.1) is 0 Å². The van der Waals surface area contributed by atoms with Gasteiger partial charge in [0.25, 0.3) is 0 Å². The van der Waals surface area contributed by atoms with E-state index in [9.17, 15) is 0 Å². The van der Waals surface area contributed by atoms with Crippen LogP contribution in [0, 0.1) is 5.41 Å². The molecular weight excluding hydrogens is 196 g/mol. The van der Waals surface area contributed by atoms with Gasteiger partial charge in [-0.2, -0.15) is 0 Å². The minimum Gasteiger partial charge on any atom is -0.372 e. The zero-order valence-electron chi connectivity index (χ0n) is 11.0. The van der Waals surface area contributed by atoms with Crippen LogP contribution in [0.4, 0.5) is 0 Å². The van der Waals surface area contributed by atoms with Crippen molar-refractivity contribution < 1.29 is 4.74 Å². The van der Waals surface area contributed by atoms with Gasteiger partial charge in [-0.25, -0.2) is 0 Å². The summed E-state index contributed by atoms with van der Waals surface area (Å²) in [4.78, 5) is 0. The Morgan fingerprint density at radius 2 is 1.94 bits per heavy atom. The van der Waals surface area contributed by atoms with Gasteiger partial charge in [0.2, 0.25) is 0 Å². The third kappa shape index (κ3) is 2.01. The van der Waals surface area contributed by atoms with Gasteiger partial charge in [0.1, 0.15) is 0 Å². The van der Waals surface area contributed by atoms with E-state index in [0.29, 0.717) is 0 Å². The van der Waals surface area contributed by atoms with Crippen LogP contribution in [0.5, 0.6) is 0 Å². The fourth-order valence-corrected chi connectivity index (χ4v) is 2.22. The van der Waals surface area contributed by atoms with Crippen LogP contribution in [0.15, 0.2) is 24.3 Å². The Balaban J connectivity index is 2.30. The van der Waals surface area contributed by atoms with Crippen LogP contribution in [0.3, 0.4) is 0 Å². The fraction of sp³-hybridized carbons (Fsp3) is 0.600. The van der Waals surface area contributed by atoms with Crippen molar-refractivity contribution in [2.45, 2.75) is 46.1 Å². The molecule has 0 spiro atoms. The van der Waals surface area contributed by atoms with E-state index < -0.39 is 0 Å². The van der Waals surface area contributed by atoms with Gasteiger partial charge in [0.05, 0.1) is 12.7 Å². The molecule has 16 heavy (non-hydrogen) atoms. The summed E-state index contributed by atoms with van der Waals surface area (Å²) in [5.41, 5.74) is 3.21. The topological polar surface area (TPSA) is 9.23 Å². The third-order valence-corrected chi connectivity index (χ3v) is 3.39. The number of rotatable bonds is 1. The molecule has 1 aliphatic rings. The second-order valence-electron chi connectivity index (χ2n) is 6.56. The first-order valence-corrected chi connectivity index (χ1v) is 6.03. The standard InChI is InChI=1S/C15H22O/c1-14(2,3)12-8-6-7-11(9-12)13-15(4,5)10-16-13/h6-9,13H,10H2,1-5H3. The highest BCUT2D eigenvalue weighted by atomic mass is 16.5. The quantitative estimate of drug-likeness (QED) is 0.690. The lowest BCUT2D eigenvalue weighted by Gasteiger charge is -2.44. The molecule has 88 valence electrons. The van der Waals surface area contributed by atoms with Crippen molar-refractivity contribution in [2.75, 3.05) is 6.61 Å². The summed E-state index contributed by atoms with van der Waals surface area (Å²) in [5.74, 6) is 0. The molecule has 1 heteroatoms. The Morgan fingerprint density at radius 3 is 2.38 bits per heavy atom. The highest BCUT2D eigenvalue weighted by Gasteiger charge is 2.41. The molecule has 1 aromatic carbocycles. The Hall–Kier alpha value is -0.820. The van der Waals surface area contributed by atoms with Crippen LogP contribution in [-0.2, 0) is 10.2 Å². The second-order valence-corrected chi connectivity index (χ2v) is 6.56. The van der Waals surface area contributed by atoms with Crippen molar-refractivity contribution in [2.24, 2.45) is 5.41 Å².